The van der Waals surface area contributed by atoms with Crippen molar-refractivity contribution in [1.82, 2.24) is 19.5 Å². The van der Waals surface area contributed by atoms with Crippen molar-refractivity contribution in [3.63, 3.8) is 0 Å². The Kier molecular flexibility index (Phi) is 6.42. The zero-order chi connectivity index (χ0) is 33.0. The van der Waals surface area contributed by atoms with Gasteiger partial charge in [-0.15, -0.1) is 0 Å². The Morgan fingerprint density at radius 1 is 0.340 bits per heavy atom. The molecule has 5 heteroatoms. The molecule has 5 nitrogen and oxygen atoms in total. The summed E-state index contributed by atoms with van der Waals surface area (Å²) < 4.78 is 8.44. The van der Waals surface area contributed by atoms with Crippen molar-refractivity contribution < 1.29 is 4.42 Å². The summed E-state index contributed by atoms with van der Waals surface area (Å²) in [6.45, 7) is 0. The molecular formula is C45H28N4O. The lowest BCUT2D eigenvalue weighted by molar-refractivity contribution is 0.669. The van der Waals surface area contributed by atoms with E-state index in [1.54, 1.807) is 0 Å². The van der Waals surface area contributed by atoms with Gasteiger partial charge in [-0.3, -0.25) is 4.57 Å². The van der Waals surface area contributed by atoms with Gasteiger partial charge in [0.15, 0.2) is 11.6 Å². The largest absolute Gasteiger partial charge is 0.456 e. The molecule has 0 unspecified atom stereocenters. The molecule has 3 heterocycles. The molecule has 0 aliphatic rings. The molecule has 10 rings (SSSR count). The third kappa shape index (κ3) is 4.67. The minimum Gasteiger partial charge on any atom is -0.456 e. The first kappa shape index (κ1) is 28.2. The Bertz CT molecular complexity index is 2760. The van der Waals surface area contributed by atoms with E-state index in [0.29, 0.717) is 17.6 Å². The molecule has 0 amide bonds. The summed E-state index contributed by atoms with van der Waals surface area (Å²) in [5.41, 5.74) is 10.1. The summed E-state index contributed by atoms with van der Waals surface area (Å²) in [5, 5.41) is 4.41. The Morgan fingerprint density at radius 3 is 1.46 bits per heavy atom. The minimum absolute atomic E-state index is 0.554. The van der Waals surface area contributed by atoms with Crippen LogP contribution < -0.4 is 0 Å². The standard InChI is InChI=1S/C45H28N4O/c1-4-12-29(13-5-1)32-21-24-39-37(26-32)38-27-33(30-14-6-2-7-15-30)22-25-40(38)49(39)45-47-43(31-16-8-3-9-17-31)46-44(48-45)34-20-23-36-35-18-10-11-19-41(35)50-42(36)28-34/h1-28H. The third-order valence-electron chi connectivity index (χ3n) is 9.47. The molecule has 0 aliphatic carbocycles. The lowest BCUT2D eigenvalue weighted by Gasteiger charge is -2.11. The van der Waals surface area contributed by atoms with Gasteiger partial charge < -0.3 is 4.42 Å². The van der Waals surface area contributed by atoms with E-state index in [9.17, 15) is 0 Å². The van der Waals surface area contributed by atoms with Crippen LogP contribution in [0.1, 0.15) is 0 Å². The summed E-state index contributed by atoms with van der Waals surface area (Å²) in [5.74, 6) is 1.73. The molecular weight excluding hydrogens is 613 g/mol. The highest BCUT2D eigenvalue weighted by molar-refractivity contribution is 6.11. The first-order chi connectivity index (χ1) is 24.8. The second-order valence-electron chi connectivity index (χ2n) is 12.5. The highest BCUT2D eigenvalue weighted by Gasteiger charge is 2.20. The molecule has 0 bridgehead atoms. The van der Waals surface area contributed by atoms with E-state index in [0.717, 1.165) is 66.0 Å². The third-order valence-corrected chi connectivity index (χ3v) is 9.47. The molecule has 10 aromatic rings. The second kappa shape index (κ2) is 11.4. The van der Waals surface area contributed by atoms with Crippen LogP contribution in [0.4, 0.5) is 0 Å². The summed E-state index contributed by atoms with van der Waals surface area (Å²) in [6.07, 6.45) is 0. The van der Waals surface area contributed by atoms with Crippen LogP contribution in [0.3, 0.4) is 0 Å². The summed E-state index contributed by atoms with van der Waals surface area (Å²) in [7, 11) is 0. The van der Waals surface area contributed by atoms with Gasteiger partial charge in [-0.2, -0.15) is 9.97 Å². The molecule has 0 saturated heterocycles. The fourth-order valence-corrected chi connectivity index (χ4v) is 7.03. The fourth-order valence-electron chi connectivity index (χ4n) is 7.03. The van der Waals surface area contributed by atoms with Crippen LogP contribution in [-0.2, 0) is 0 Å². The highest BCUT2D eigenvalue weighted by atomic mass is 16.3. The van der Waals surface area contributed by atoms with Crippen LogP contribution in [-0.4, -0.2) is 19.5 Å². The van der Waals surface area contributed by atoms with E-state index in [2.05, 4.69) is 120 Å². The van der Waals surface area contributed by atoms with Gasteiger partial charge in [0.05, 0.1) is 11.0 Å². The second-order valence-corrected chi connectivity index (χ2v) is 12.5. The molecule has 0 N–H and O–H groups in total. The van der Waals surface area contributed by atoms with Crippen molar-refractivity contribution in [2.24, 2.45) is 0 Å². The predicted octanol–water partition coefficient (Wildman–Crippen LogP) is 11.5. The summed E-state index contributed by atoms with van der Waals surface area (Å²) >= 11 is 0. The van der Waals surface area contributed by atoms with E-state index >= 15 is 0 Å². The molecule has 3 aromatic heterocycles. The van der Waals surface area contributed by atoms with Crippen LogP contribution in [0.2, 0.25) is 0 Å². The number of benzene rings is 7. The van der Waals surface area contributed by atoms with Gasteiger partial charge in [-0.05, 0) is 64.7 Å². The van der Waals surface area contributed by atoms with Crippen molar-refractivity contribution in [3.8, 4) is 51.0 Å². The number of furan rings is 1. The Balaban J connectivity index is 1.23. The summed E-state index contributed by atoms with van der Waals surface area (Å²) in [4.78, 5) is 15.4. The molecule has 0 aliphatic heterocycles. The average molecular weight is 641 g/mol. The molecule has 50 heavy (non-hydrogen) atoms. The van der Waals surface area contributed by atoms with Crippen molar-refractivity contribution in [1.29, 1.82) is 0 Å². The topological polar surface area (TPSA) is 56.7 Å². The van der Waals surface area contributed by atoms with Gasteiger partial charge in [-0.1, -0.05) is 127 Å². The first-order valence-electron chi connectivity index (χ1n) is 16.7. The van der Waals surface area contributed by atoms with Crippen LogP contribution in [0.15, 0.2) is 174 Å². The van der Waals surface area contributed by atoms with Crippen molar-refractivity contribution in [2.75, 3.05) is 0 Å². The molecule has 0 radical (unpaired) electrons. The number of hydrogen-bond acceptors (Lipinski definition) is 4. The summed E-state index contributed by atoms with van der Waals surface area (Å²) in [6, 6.07) is 58.7. The van der Waals surface area contributed by atoms with E-state index < -0.39 is 0 Å². The maximum absolute atomic E-state index is 6.27. The SMILES string of the molecule is c1ccc(-c2ccc3c(c2)c2cc(-c4ccccc4)ccc2n3-c2nc(-c3ccccc3)nc(-c3ccc4c(c3)oc3ccccc34)n2)cc1. The quantitative estimate of drug-likeness (QED) is 0.188. The number of hydrogen-bond donors (Lipinski definition) is 0. The number of aromatic nitrogens is 4. The molecule has 234 valence electrons. The van der Waals surface area contributed by atoms with Gasteiger partial charge in [0, 0.05) is 32.7 Å². The molecule has 0 fully saturated rings. The molecule has 0 atom stereocenters. The zero-order valence-electron chi connectivity index (χ0n) is 26.9. The normalized spacial score (nSPS) is 11.6. The fraction of sp³-hybridized carbons (Fsp3) is 0. The number of para-hydroxylation sites is 1. The van der Waals surface area contributed by atoms with Crippen LogP contribution in [0, 0.1) is 0 Å². The minimum atomic E-state index is 0.554. The van der Waals surface area contributed by atoms with Crippen LogP contribution in [0.25, 0.3) is 94.7 Å². The highest BCUT2D eigenvalue weighted by Crippen LogP contribution is 2.38. The number of rotatable bonds is 5. The maximum Gasteiger partial charge on any atom is 0.238 e. The Hall–Kier alpha value is -6.85. The number of nitrogens with zero attached hydrogens (tertiary/aromatic N) is 4. The van der Waals surface area contributed by atoms with Gasteiger partial charge in [0.1, 0.15) is 11.2 Å². The Morgan fingerprint density at radius 2 is 0.840 bits per heavy atom. The number of fused-ring (bicyclic) bond motifs is 6. The maximum atomic E-state index is 6.27. The first-order valence-corrected chi connectivity index (χ1v) is 16.7. The molecule has 0 saturated carbocycles. The smallest absolute Gasteiger partial charge is 0.238 e. The van der Waals surface area contributed by atoms with E-state index in [4.69, 9.17) is 19.4 Å². The van der Waals surface area contributed by atoms with E-state index in [-0.39, 0.29) is 0 Å². The lowest BCUT2D eigenvalue weighted by Crippen LogP contribution is -2.06. The van der Waals surface area contributed by atoms with Crippen LogP contribution in [0.5, 0.6) is 0 Å². The predicted molar refractivity (Wildman–Crippen MR) is 203 cm³/mol. The van der Waals surface area contributed by atoms with E-state index in [1.165, 1.54) is 11.1 Å². The zero-order valence-corrected chi connectivity index (χ0v) is 26.9. The van der Waals surface area contributed by atoms with Gasteiger partial charge in [0.2, 0.25) is 5.95 Å². The average Bonchev–Trinajstić information content (AvgIpc) is 3.73. The van der Waals surface area contributed by atoms with Gasteiger partial charge >= 0.3 is 0 Å². The van der Waals surface area contributed by atoms with Crippen molar-refractivity contribution >= 4 is 43.7 Å². The Labute approximate surface area is 287 Å². The van der Waals surface area contributed by atoms with Gasteiger partial charge in [-0.25, -0.2) is 4.98 Å². The lowest BCUT2D eigenvalue weighted by atomic mass is 10.0. The van der Waals surface area contributed by atoms with Crippen LogP contribution >= 0.6 is 0 Å². The molecule has 7 aromatic carbocycles. The van der Waals surface area contributed by atoms with Crippen molar-refractivity contribution in [3.05, 3.63) is 170 Å². The van der Waals surface area contributed by atoms with Gasteiger partial charge in [0.25, 0.3) is 0 Å². The van der Waals surface area contributed by atoms with Crippen molar-refractivity contribution in [2.45, 2.75) is 0 Å². The monoisotopic (exact) mass is 640 g/mol. The molecule has 0 spiro atoms. The van der Waals surface area contributed by atoms with E-state index in [1.807, 2.05) is 54.6 Å².